The van der Waals surface area contributed by atoms with Crippen LogP contribution >= 0.6 is 0 Å². The predicted octanol–water partition coefficient (Wildman–Crippen LogP) is 2.74. The largest absolute Gasteiger partial charge is 0.480 e. The Morgan fingerprint density at radius 1 is 1.08 bits per heavy atom. The molecule has 36 heavy (non-hydrogen) atoms. The van der Waals surface area contributed by atoms with Gasteiger partial charge in [-0.1, -0.05) is 32.0 Å². The summed E-state index contributed by atoms with van der Waals surface area (Å²) in [5, 5.41) is 12.2. The fraction of sp³-hybridized carbons (Fsp3) is 0.600. The van der Waals surface area contributed by atoms with Crippen molar-refractivity contribution in [3.8, 4) is 5.75 Å². The number of piperazine rings is 1. The molecule has 0 unspecified atom stereocenters. The highest BCUT2D eigenvalue weighted by atomic mass is 16.6. The van der Waals surface area contributed by atoms with Gasteiger partial charge in [-0.2, -0.15) is 0 Å². The number of carbonyl (C=O) groups is 4. The molecule has 0 spiro atoms. The maximum atomic E-state index is 12.6. The van der Waals surface area contributed by atoms with Crippen molar-refractivity contribution in [2.45, 2.75) is 58.7 Å². The van der Waals surface area contributed by atoms with Crippen LogP contribution in [-0.4, -0.2) is 90.0 Å². The molecule has 11 nitrogen and oxygen atoms in total. The van der Waals surface area contributed by atoms with Crippen LogP contribution in [-0.2, 0) is 19.1 Å². The zero-order chi connectivity index (χ0) is 27.1. The van der Waals surface area contributed by atoms with Crippen LogP contribution < -0.4 is 10.1 Å². The van der Waals surface area contributed by atoms with Gasteiger partial charge in [0.2, 0.25) is 0 Å². The number of nitrogens with one attached hydrogen (secondary N) is 1. The molecule has 0 aromatic heterocycles. The van der Waals surface area contributed by atoms with Crippen LogP contribution in [0.1, 0.15) is 41.0 Å². The van der Waals surface area contributed by atoms with E-state index in [-0.39, 0.29) is 13.1 Å². The number of amides is 2. The number of carboxylic acid groups (broad SMARTS) is 1. The number of carboxylic acids is 1. The third kappa shape index (κ3) is 8.40. The number of methoxy groups -OCH3 is 1. The molecule has 0 aliphatic carbocycles. The monoisotopic (exact) mass is 507 g/mol. The fourth-order valence-corrected chi connectivity index (χ4v) is 3.84. The summed E-state index contributed by atoms with van der Waals surface area (Å²) in [5.74, 6) is -1.44. The minimum absolute atomic E-state index is 0.212. The average molecular weight is 508 g/mol. The molecular weight excluding hydrogens is 470 g/mol. The quantitative estimate of drug-likeness (QED) is 0.509. The molecule has 0 saturated carbocycles. The standard InChI is InChI=1S/C25H37N3O8/c1-24(2,3)36-23(33)28-15-14-27(16-18(28)21(31)34-6)13-12-25(4,5)19(20(29)30)26-22(32)35-17-10-8-7-9-11-17/h7-11,18-19H,12-16H2,1-6H3,(H,26,32)(H,29,30)/t18-,19-/m1/s1. The second kappa shape index (κ2) is 12.1. The molecule has 1 aliphatic heterocycles. The molecule has 1 aromatic carbocycles. The third-order valence-electron chi connectivity index (χ3n) is 5.88. The van der Waals surface area contributed by atoms with E-state index >= 15 is 0 Å². The van der Waals surface area contributed by atoms with Crippen molar-refractivity contribution in [3.05, 3.63) is 30.3 Å². The molecule has 1 saturated heterocycles. The number of ether oxygens (including phenoxy) is 3. The number of aliphatic carboxylic acids is 1. The summed E-state index contributed by atoms with van der Waals surface area (Å²) in [4.78, 5) is 52.7. The van der Waals surface area contributed by atoms with Crippen molar-refractivity contribution in [1.82, 2.24) is 15.1 Å². The molecule has 2 amide bonds. The van der Waals surface area contributed by atoms with E-state index < -0.39 is 47.2 Å². The highest BCUT2D eigenvalue weighted by Gasteiger charge is 2.40. The topological polar surface area (TPSA) is 135 Å². The van der Waals surface area contributed by atoms with E-state index in [2.05, 4.69) is 5.32 Å². The van der Waals surface area contributed by atoms with E-state index in [0.29, 0.717) is 25.3 Å². The first-order valence-corrected chi connectivity index (χ1v) is 11.8. The zero-order valence-electron chi connectivity index (χ0n) is 21.8. The van der Waals surface area contributed by atoms with E-state index in [1.54, 1.807) is 65.0 Å². The number of rotatable bonds is 8. The zero-order valence-corrected chi connectivity index (χ0v) is 21.8. The summed E-state index contributed by atoms with van der Waals surface area (Å²) in [6, 6.07) is 6.29. The lowest BCUT2D eigenvalue weighted by atomic mass is 9.81. The molecule has 2 rings (SSSR count). The molecule has 0 bridgehead atoms. The lowest BCUT2D eigenvalue weighted by Gasteiger charge is -2.41. The summed E-state index contributed by atoms with van der Waals surface area (Å²) in [6.07, 6.45) is -1.07. The van der Waals surface area contributed by atoms with Gasteiger partial charge in [-0.15, -0.1) is 0 Å². The maximum Gasteiger partial charge on any atom is 0.413 e. The molecule has 2 atom stereocenters. The van der Waals surface area contributed by atoms with Gasteiger partial charge >= 0.3 is 24.1 Å². The normalized spacial score (nSPS) is 17.6. The average Bonchev–Trinajstić information content (AvgIpc) is 2.79. The summed E-state index contributed by atoms with van der Waals surface area (Å²) in [5.41, 5.74) is -1.57. The van der Waals surface area contributed by atoms with E-state index in [4.69, 9.17) is 14.2 Å². The lowest BCUT2D eigenvalue weighted by Crippen LogP contribution is -2.59. The van der Waals surface area contributed by atoms with Crippen LogP contribution in [0, 0.1) is 5.41 Å². The SMILES string of the molecule is COC(=O)[C@H]1CN(CCC(C)(C)[C@H](NC(=O)Oc2ccccc2)C(=O)O)CCN1C(=O)OC(C)(C)C. The van der Waals surface area contributed by atoms with Gasteiger partial charge in [-0.05, 0) is 51.3 Å². The van der Waals surface area contributed by atoms with Gasteiger partial charge in [-0.3, -0.25) is 9.80 Å². The molecular formula is C25H37N3O8. The van der Waals surface area contributed by atoms with E-state index in [0.717, 1.165) is 0 Å². The number of esters is 1. The molecule has 11 heteroatoms. The van der Waals surface area contributed by atoms with Crippen molar-refractivity contribution in [1.29, 1.82) is 0 Å². The summed E-state index contributed by atoms with van der Waals surface area (Å²) in [7, 11) is 1.26. The van der Waals surface area contributed by atoms with Gasteiger partial charge in [0.1, 0.15) is 23.4 Å². The Morgan fingerprint density at radius 2 is 1.72 bits per heavy atom. The number of para-hydroxylation sites is 1. The van der Waals surface area contributed by atoms with Gasteiger partial charge in [0, 0.05) is 19.6 Å². The van der Waals surface area contributed by atoms with Crippen LogP contribution in [0.15, 0.2) is 30.3 Å². The summed E-state index contributed by atoms with van der Waals surface area (Å²) >= 11 is 0. The van der Waals surface area contributed by atoms with Gasteiger partial charge in [-0.25, -0.2) is 19.2 Å². The molecule has 1 fully saturated rings. The molecule has 1 aromatic rings. The van der Waals surface area contributed by atoms with Gasteiger partial charge in [0.15, 0.2) is 0 Å². The van der Waals surface area contributed by atoms with Crippen molar-refractivity contribution in [2.75, 3.05) is 33.3 Å². The van der Waals surface area contributed by atoms with Gasteiger partial charge < -0.3 is 24.6 Å². The summed E-state index contributed by atoms with van der Waals surface area (Å²) in [6.45, 7) is 10.1. The minimum Gasteiger partial charge on any atom is -0.480 e. The Labute approximate surface area is 211 Å². The smallest absolute Gasteiger partial charge is 0.413 e. The second-order valence-electron chi connectivity index (χ2n) is 10.4. The summed E-state index contributed by atoms with van der Waals surface area (Å²) < 4.78 is 15.5. The molecule has 0 radical (unpaired) electrons. The third-order valence-corrected chi connectivity index (χ3v) is 5.88. The molecule has 200 valence electrons. The van der Waals surface area contributed by atoms with Crippen molar-refractivity contribution >= 4 is 24.1 Å². The van der Waals surface area contributed by atoms with E-state index in [1.807, 2.05) is 4.90 Å². The number of carbonyl (C=O) groups excluding carboxylic acids is 3. The first kappa shape index (κ1) is 28.9. The van der Waals surface area contributed by atoms with Crippen LogP contribution in [0.25, 0.3) is 0 Å². The Bertz CT molecular complexity index is 929. The number of nitrogens with zero attached hydrogens (tertiary/aromatic N) is 2. The van der Waals surface area contributed by atoms with E-state index in [1.165, 1.54) is 12.0 Å². The highest BCUT2D eigenvalue weighted by molar-refractivity contribution is 5.82. The molecule has 1 heterocycles. The Hall–Kier alpha value is -3.34. The van der Waals surface area contributed by atoms with Crippen molar-refractivity contribution < 1.29 is 38.5 Å². The second-order valence-corrected chi connectivity index (χ2v) is 10.4. The first-order valence-electron chi connectivity index (χ1n) is 11.8. The maximum absolute atomic E-state index is 12.6. The first-order chi connectivity index (χ1) is 16.7. The number of benzene rings is 1. The number of hydrogen-bond acceptors (Lipinski definition) is 8. The Kier molecular flexibility index (Phi) is 9.69. The number of hydrogen-bond donors (Lipinski definition) is 2. The minimum atomic E-state index is -1.21. The molecule has 2 N–H and O–H groups in total. The Morgan fingerprint density at radius 3 is 2.28 bits per heavy atom. The van der Waals surface area contributed by atoms with Crippen molar-refractivity contribution in [2.24, 2.45) is 5.41 Å². The van der Waals surface area contributed by atoms with Gasteiger partial charge in [0.25, 0.3) is 0 Å². The predicted molar refractivity (Wildman–Crippen MR) is 131 cm³/mol. The highest BCUT2D eigenvalue weighted by Crippen LogP contribution is 2.27. The van der Waals surface area contributed by atoms with E-state index in [9.17, 15) is 24.3 Å². The van der Waals surface area contributed by atoms with Gasteiger partial charge in [0.05, 0.1) is 7.11 Å². The van der Waals surface area contributed by atoms with Crippen LogP contribution in [0.2, 0.25) is 0 Å². The lowest BCUT2D eigenvalue weighted by molar-refractivity contribution is -0.149. The fourth-order valence-electron chi connectivity index (χ4n) is 3.84. The van der Waals surface area contributed by atoms with Crippen molar-refractivity contribution in [3.63, 3.8) is 0 Å². The van der Waals surface area contributed by atoms with Crippen LogP contribution in [0.3, 0.4) is 0 Å². The Balaban J connectivity index is 2.02. The van der Waals surface area contributed by atoms with Crippen LogP contribution in [0.5, 0.6) is 5.75 Å². The molecule has 1 aliphatic rings. The van der Waals surface area contributed by atoms with Crippen LogP contribution in [0.4, 0.5) is 9.59 Å².